The van der Waals surface area contributed by atoms with Crippen molar-refractivity contribution in [1.29, 1.82) is 0 Å². The highest BCUT2D eigenvalue weighted by atomic mass is 32.1. The van der Waals surface area contributed by atoms with E-state index in [-0.39, 0.29) is 6.61 Å². The number of aliphatic hydroxyl groups is 1. The van der Waals surface area contributed by atoms with Gasteiger partial charge in [0.25, 0.3) is 0 Å². The first-order valence-electron chi connectivity index (χ1n) is 7.77. The van der Waals surface area contributed by atoms with E-state index in [1.165, 1.54) is 43.6 Å². The largest absolute Gasteiger partial charge is 0.384 e. The van der Waals surface area contributed by atoms with Gasteiger partial charge < -0.3 is 9.84 Å². The number of aliphatic hydroxyl groups excluding tert-OH is 1. The van der Waals surface area contributed by atoms with Crippen LogP contribution in [0.5, 0.6) is 0 Å². The van der Waals surface area contributed by atoms with Crippen LogP contribution in [0.2, 0.25) is 0 Å². The van der Waals surface area contributed by atoms with Crippen molar-refractivity contribution in [1.82, 2.24) is 4.90 Å². The molecule has 4 heteroatoms. The summed E-state index contributed by atoms with van der Waals surface area (Å²) in [4.78, 5) is 3.94. The van der Waals surface area contributed by atoms with Gasteiger partial charge in [0.05, 0.1) is 0 Å². The second kappa shape index (κ2) is 6.93. The zero-order valence-corrected chi connectivity index (χ0v) is 13.3. The summed E-state index contributed by atoms with van der Waals surface area (Å²) in [6, 6.07) is 2.16. The molecule has 3 rings (SSSR count). The first kappa shape index (κ1) is 15.1. The third kappa shape index (κ3) is 3.87. The highest BCUT2D eigenvalue weighted by Gasteiger charge is 2.35. The summed E-state index contributed by atoms with van der Waals surface area (Å²) in [6.45, 7) is 5.29. The maximum absolute atomic E-state index is 8.73. The molecular formula is C17H23NO2S. The Hall–Kier alpha value is -0.860. The van der Waals surface area contributed by atoms with E-state index in [1.807, 2.05) is 0 Å². The molecule has 0 aromatic carbocycles. The second-order valence-corrected chi connectivity index (χ2v) is 7.15. The summed E-state index contributed by atoms with van der Waals surface area (Å²) in [5.74, 6) is 5.68. The first-order chi connectivity index (χ1) is 10.3. The molecular weight excluding hydrogens is 282 g/mol. The molecule has 0 bridgehead atoms. The first-order valence-corrected chi connectivity index (χ1v) is 8.65. The lowest BCUT2D eigenvalue weighted by Crippen LogP contribution is -2.42. The number of hydrogen-bond acceptors (Lipinski definition) is 4. The number of rotatable bonds is 2. The lowest BCUT2D eigenvalue weighted by atomic mass is 9.72. The maximum Gasteiger partial charge on any atom is 0.104 e. The Morgan fingerprint density at radius 3 is 2.71 bits per heavy atom. The summed E-state index contributed by atoms with van der Waals surface area (Å²) < 4.78 is 5.51. The van der Waals surface area contributed by atoms with Crippen LogP contribution in [0.4, 0.5) is 0 Å². The summed E-state index contributed by atoms with van der Waals surface area (Å²) in [5.41, 5.74) is 1.60. The molecule has 0 amide bonds. The molecule has 0 saturated carbocycles. The Balaban J connectivity index is 1.52. The topological polar surface area (TPSA) is 32.7 Å². The number of likely N-dealkylation sites (tertiary alicyclic amines) is 1. The molecule has 1 spiro atoms. The summed E-state index contributed by atoms with van der Waals surface area (Å²) in [6.07, 6.45) is 5.14. The minimum Gasteiger partial charge on any atom is -0.384 e. The van der Waals surface area contributed by atoms with E-state index in [1.54, 1.807) is 11.3 Å². The van der Waals surface area contributed by atoms with E-state index in [0.717, 1.165) is 25.3 Å². The molecule has 1 N–H and O–H groups in total. The number of thiophene rings is 1. The van der Waals surface area contributed by atoms with Crippen molar-refractivity contribution >= 4 is 11.3 Å². The predicted molar refractivity (Wildman–Crippen MR) is 85.3 cm³/mol. The van der Waals surface area contributed by atoms with Gasteiger partial charge in [0.15, 0.2) is 0 Å². The molecule has 3 nitrogen and oxygen atoms in total. The quantitative estimate of drug-likeness (QED) is 0.852. The van der Waals surface area contributed by atoms with E-state index < -0.39 is 0 Å². The zero-order chi connectivity index (χ0) is 14.5. The molecule has 0 atom stereocenters. The van der Waals surface area contributed by atoms with Crippen LogP contribution in [-0.2, 0) is 11.3 Å². The van der Waals surface area contributed by atoms with Gasteiger partial charge in [-0.2, -0.15) is 0 Å². The van der Waals surface area contributed by atoms with E-state index in [9.17, 15) is 0 Å². The third-order valence-electron chi connectivity index (χ3n) is 4.82. The molecule has 1 aromatic heterocycles. The fourth-order valence-electron chi connectivity index (χ4n) is 3.38. The molecule has 2 aliphatic rings. The van der Waals surface area contributed by atoms with Gasteiger partial charge >= 0.3 is 0 Å². The fraction of sp³-hybridized carbons (Fsp3) is 0.647. The Morgan fingerprint density at radius 1 is 1.24 bits per heavy atom. The molecule has 2 saturated heterocycles. The Labute approximate surface area is 130 Å². The van der Waals surface area contributed by atoms with E-state index in [4.69, 9.17) is 9.84 Å². The standard InChI is InChI=1S/C17H23NO2S/c19-9-1-2-15-12-16(21-14-15)13-18-7-3-17(4-8-18)5-10-20-11-6-17/h12,14,19H,3-11,13H2. The molecule has 21 heavy (non-hydrogen) atoms. The average Bonchev–Trinajstić information content (AvgIpc) is 2.96. The third-order valence-corrected chi connectivity index (χ3v) is 5.74. The van der Waals surface area contributed by atoms with E-state index in [2.05, 4.69) is 28.2 Å². The fourth-order valence-corrected chi connectivity index (χ4v) is 4.24. The van der Waals surface area contributed by atoms with Gasteiger partial charge in [-0.25, -0.2) is 0 Å². The van der Waals surface area contributed by atoms with Crippen molar-refractivity contribution < 1.29 is 9.84 Å². The zero-order valence-electron chi connectivity index (χ0n) is 12.4. The van der Waals surface area contributed by atoms with Crippen molar-refractivity contribution in [3.63, 3.8) is 0 Å². The molecule has 114 valence electrons. The van der Waals surface area contributed by atoms with Crippen LogP contribution in [0.1, 0.15) is 36.1 Å². The van der Waals surface area contributed by atoms with Crippen LogP contribution in [-0.4, -0.2) is 42.9 Å². The number of nitrogens with zero attached hydrogens (tertiary/aromatic N) is 1. The minimum atomic E-state index is -0.0664. The van der Waals surface area contributed by atoms with Crippen LogP contribution in [0.25, 0.3) is 0 Å². The SMILES string of the molecule is OCC#Cc1csc(CN2CCC3(CCOCC3)CC2)c1. The summed E-state index contributed by atoms with van der Waals surface area (Å²) >= 11 is 1.77. The monoisotopic (exact) mass is 305 g/mol. The molecule has 2 aliphatic heterocycles. The van der Waals surface area contributed by atoms with E-state index in [0.29, 0.717) is 5.41 Å². The van der Waals surface area contributed by atoms with Gasteiger partial charge in [-0.05, 0) is 50.3 Å². The normalized spacial score (nSPS) is 22.0. The lowest BCUT2D eigenvalue weighted by Gasteiger charge is -2.44. The van der Waals surface area contributed by atoms with Crippen molar-refractivity contribution in [2.75, 3.05) is 32.9 Å². The average molecular weight is 305 g/mol. The summed E-state index contributed by atoms with van der Waals surface area (Å²) in [5, 5.41) is 10.8. The van der Waals surface area contributed by atoms with Gasteiger partial charge in [-0.15, -0.1) is 11.3 Å². The van der Waals surface area contributed by atoms with Gasteiger partial charge in [-0.3, -0.25) is 4.90 Å². The Morgan fingerprint density at radius 2 is 2.00 bits per heavy atom. The Bertz CT molecular complexity index is 512. The number of hydrogen-bond donors (Lipinski definition) is 1. The van der Waals surface area contributed by atoms with Crippen molar-refractivity contribution in [3.8, 4) is 11.8 Å². The molecule has 0 aliphatic carbocycles. The van der Waals surface area contributed by atoms with Crippen LogP contribution < -0.4 is 0 Å². The highest BCUT2D eigenvalue weighted by Crippen LogP contribution is 2.40. The molecule has 1 aromatic rings. The molecule has 0 unspecified atom stereocenters. The predicted octanol–water partition coefficient (Wildman–Crippen LogP) is 2.48. The van der Waals surface area contributed by atoms with E-state index >= 15 is 0 Å². The van der Waals surface area contributed by atoms with Gasteiger partial charge in [0.2, 0.25) is 0 Å². The van der Waals surface area contributed by atoms with Gasteiger partial charge in [-0.1, -0.05) is 11.8 Å². The van der Waals surface area contributed by atoms with Crippen LogP contribution >= 0.6 is 11.3 Å². The molecule has 2 fully saturated rings. The number of ether oxygens (including phenoxy) is 1. The van der Waals surface area contributed by atoms with Crippen molar-refractivity contribution in [2.45, 2.75) is 32.2 Å². The minimum absolute atomic E-state index is 0.0664. The van der Waals surface area contributed by atoms with Crippen LogP contribution in [0, 0.1) is 17.3 Å². The highest BCUT2D eigenvalue weighted by molar-refractivity contribution is 7.10. The molecule has 0 radical (unpaired) electrons. The summed E-state index contributed by atoms with van der Waals surface area (Å²) in [7, 11) is 0. The van der Waals surface area contributed by atoms with Crippen LogP contribution in [0.15, 0.2) is 11.4 Å². The number of piperidine rings is 1. The van der Waals surface area contributed by atoms with Crippen LogP contribution in [0.3, 0.4) is 0 Å². The van der Waals surface area contributed by atoms with Crippen molar-refractivity contribution in [2.24, 2.45) is 5.41 Å². The smallest absolute Gasteiger partial charge is 0.104 e. The molecule has 3 heterocycles. The van der Waals surface area contributed by atoms with Crippen molar-refractivity contribution in [3.05, 3.63) is 21.9 Å². The van der Waals surface area contributed by atoms with Gasteiger partial charge in [0.1, 0.15) is 6.61 Å². The lowest BCUT2D eigenvalue weighted by molar-refractivity contribution is -0.0216. The second-order valence-electron chi connectivity index (χ2n) is 6.15. The maximum atomic E-state index is 8.73. The van der Waals surface area contributed by atoms with Gasteiger partial charge in [0, 0.05) is 35.6 Å². The Kier molecular flexibility index (Phi) is 4.97.